The number of likely N-dealkylation sites (N-methyl/N-ethyl adjacent to an activating group) is 1. The molecule has 0 aliphatic carbocycles. The lowest BCUT2D eigenvalue weighted by atomic mass is 10.2. The molecule has 1 aromatic carbocycles. The van der Waals surface area contributed by atoms with Crippen molar-refractivity contribution in [1.29, 1.82) is 0 Å². The molecule has 0 aliphatic heterocycles. The third kappa shape index (κ3) is 4.15. The summed E-state index contributed by atoms with van der Waals surface area (Å²) >= 11 is 0. The molecule has 0 fully saturated rings. The second kappa shape index (κ2) is 7.06. The Bertz CT molecular complexity index is 869. The molecule has 0 aliphatic rings. The van der Waals surface area contributed by atoms with E-state index in [9.17, 15) is 17.6 Å². The van der Waals surface area contributed by atoms with Crippen LogP contribution in [0.1, 0.15) is 11.1 Å². The number of rotatable bonds is 5. The van der Waals surface area contributed by atoms with Gasteiger partial charge in [-0.1, -0.05) is 6.07 Å². The number of hydrogen-bond donors (Lipinski definition) is 1. The molecule has 0 spiro atoms. The third-order valence-electron chi connectivity index (χ3n) is 3.39. The first-order valence-electron chi connectivity index (χ1n) is 7.15. The van der Waals surface area contributed by atoms with Crippen molar-refractivity contribution in [3.8, 4) is 0 Å². The zero-order valence-electron chi connectivity index (χ0n) is 13.6. The summed E-state index contributed by atoms with van der Waals surface area (Å²) in [5, 5.41) is 2.53. The van der Waals surface area contributed by atoms with Crippen LogP contribution in [0.3, 0.4) is 0 Å². The Hall–Kier alpha value is -2.32. The Morgan fingerprint density at radius 1 is 1.25 bits per heavy atom. The van der Waals surface area contributed by atoms with Gasteiger partial charge in [-0.15, -0.1) is 0 Å². The largest absolute Gasteiger partial charge is 0.310 e. The van der Waals surface area contributed by atoms with E-state index < -0.39 is 28.3 Å². The molecule has 2 aromatic rings. The number of pyridine rings is 1. The average Bonchev–Trinajstić information content (AvgIpc) is 2.49. The molecular weight excluding hydrogens is 333 g/mol. The van der Waals surface area contributed by atoms with E-state index in [0.717, 1.165) is 15.9 Å². The van der Waals surface area contributed by atoms with Gasteiger partial charge in [-0.05, 0) is 49.2 Å². The van der Waals surface area contributed by atoms with Crippen LogP contribution in [0.2, 0.25) is 0 Å². The van der Waals surface area contributed by atoms with Gasteiger partial charge in [-0.2, -0.15) is 4.31 Å². The van der Waals surface area contributed by atoms with Crippen LogP contribution in [-0.4, -0.2) is 37.2 Å². The van der Waals surface area contributed by atoms with Crippen LogP contribution in [0.15, 0.2) is 41.4 Å². The fourth-order valence-corrected chi connectivity index (χ4v) is 3.45. The van der Waals surface area contributed by atoms with Crippen molar-refractivity contribution in [2.75, 3.05) is 18.9 Å². The molecule has 8 heteroatoms. The van der Waals surface area contributed by atoms with Crippen molar-refractivity contribution in [2.24, 2.45) is 0 Å². The molecule has 1 N–H and O–H groups in total. The molecule has 128 valence electrons. The highest BCUT2D eigenvalue weighted by Crippen LogP contribution is 2.20. The van der Waals surface area contributed by atoms with Gasteiger partial charge in [-0.25, -0.2) is 17.8 Å². The van der Waals surface area contributed by atoms with Crippen LogP contribution in [0.25, 0.3) is 0 Å². The zero-order chi connectivity index (χ0) is 17.9. The summed E-state index contributed by atoms with van der Waals surface area (Å²) in [6.45, 7) is 3.01. The number of anilines is 1. The summed E-state index contributed by atoms with van der Waals surface area (Å²) in [5.74, 6) is -0.845. The van der Waals surface area contributed by atoms with Gasteiger partial charge in [-0.3, -0.25) is 4.79 Å². The molecule has 0 atom stereocenters. The topological polar surface area (TPSA) is 79.4 Å². The highest BCUT2D eigenvalue weighted by atomic mass is 32.2. The highest BCUT2D eigenvalue weighted by Gasteiger charge is 2.25. The van der Waals surface area contributed by atoms with E-state index in [1.807, 2.05) is 6.92 Å². The van der Waals surface area contributed by atoms with E-state index in [-0.39, 0.29) is 4.90 Å². The maximum Gasteiger partial charge on any atom is 0.243 e. The van der Waals surface area contributed by atoms with Gasteiger partial charge in [0, 0.05) is 13.2 Å². The Morgan fingerprint density at radius 2 is 1.96 bits per heavy atom. The third-order valence-corrected chi connectivity index (χ3v) is 5.33. The molecule has 0 bridgehead atoms. The lowest BCUT2D eigenvalue weighted by molar-refractivity contribution is -0.116. The lowest BCUT2D eigenvalue weighted by Gasteiger charge is -2.18. The fourth-order valence-electron chi connectivity index (χ4n) is 2.09. The second-order valence-corrected chi connectivity index (χ2v) is 7.45. The van der Waals surface area contributed by atoms with Gasteiger partial charge in [0.05, 0.1) is 11.4 Å². The molecule has 1 amide bonds. The number of carbonyl (C=O) groups is 1. The van der Waals surface area contributed by atoms with Crippen LogP contribution >= 0.6 is 0 Å². The van der Waals surface area contributed by atoms with Crippen molar-refractivity contribution in [1.82, 2.24) is 9.29 Å². The number of nitrogens with one attached hydrogen (secondary N) is 1. The van der Waals surface area contributed by atoms with Crippen LogP contribution in [0.5, 0.6) is 0 Å². The number of halogens is 1. The van der Waals surface area contributed by atoms with Gasteiger partial charge in [0.2, 0.25) is 15.9 Å². The van der Waals surface area contributed by atoms with Crippen LogP contribution in [-0.2, 0) is 14.8 Å². The Kier molecular flexibility index (Phi) is 5.30. The van der Waals surface area contributed by atoms with E-state index >= 15 is 0 Å². The molecule has 0 saturated carbocycles. The summed E-state index contributed by atoms with van der Waals surface area (Å²) < 4.78 is 39.3. The second-order valence-electron chi connectivity index (χ2n) is 5.44. The number of hydrogen-bond acceptors (Lipinski definition) is 4. The molecule has 0 unspecified atom stereocenters. The molecule has 1 heterocycles. The predicted molar refractivity (Wildman–Crippen MR) is 88.6 cm³/mol. The number of nitrogens with zero attached hydrogens (tertiary/aromatic N) is 2. The number of carbonyl (C=O) groups excluding carboxylic acids is 1. The van der Waals surface area contributed by atoms with Crippen molar-refractivity contribution < 1.29 is 17.6 Å². The summed E-state index contributed by atoms with van der Waals surface area (Å²) in [6.07, 6.45) is 1.54. The average molecular weight is 351 g/mol. The van der Waals surface area contributed by atoms with Crippen LogP contribution < -0.4 is 5.32 Å². The summed E-state index contributed by atoms with van der Waals surface area (Å²) in [7, 11) is -2.71. The van der Waals surface area contributed by atoms with Crippen molar-refractivity contribution >= 4 is 21.7 Å². The molecule has 2 rings (SSSR count). The zero-order valence-corrected chi connectivity index (χ0v) is 14.4. The quantitative estimate of drug-likeness (QED) is 0.895. The Balaban J connectivity index is 2.14. The normalized spacial score (nSPS) is 11.5. The van der Waals surface area contributed by atoms with Gasteiger partial charge < -0.3 is 5.32 Å². The van der Waals surface area contributed by atoms with Gasteiger partial charge in [0.1, 0.15) is 11.6 Å². The van der Waals surface area contributed by atoms with Crippen LogP contribution in [0.4, 0.5) is 10.2 Å². The van der Waals surface area contributed by atoms with Crippen molar-refractivity contribution in [3.63, 3.8) is 0 Å². The standard InChI is InChI=1S/C16H18FN3O3S/c1-11-6-7-18-15(8-11)19-16(21)10-20(3)24(22,23)14-9-13(17)5-4-12(14)2/h4-9H,10H2,1-3H3,(H,18,19,21). The Morgan fingerprint density at radius 3 is 2.62 bits per heavy atom. The molecule has 6 nitrogen and oxygen atoms in total. The minimum absolute atomic E-state index is 0.161. The van der Waals surface area contributed by atoms with E-state index in [0.29, 0.717) is 11.4 Å². The van der Waals surface area contributed by atoms with E-state index in [1.54, 1.807) is 25.3 Å². The summed E-state index contributed by atoms with van der Waals surface area (Å²) in [5.41, 5.74) is 1.32. The minimum Gasteiger partial charge on any atom is -0.310 e. The fraction of sp³-hybridized carbons (Fsp3) is 0.250. The predicted octanol–water partition coefficient (Wildman–Crippen LogP) is 2.10. The van der Waals surface area contributed by atoms with Gasteiger partial charge >= 0.3 is 0 Å². The number of amides is 1. The number of sulfonamides is 1. The smallest absolute Gasteiger partial charge is 0.243 e. The van der Waals surface area contributed by atoms with E-state index in [2.05, 4.69) is 10.3 Å². The first-order chi connectivity index (χ1) is 11.2. The summed E-state index contributed by atoms with van der Waals surface area (Å²) in [4.78, 5) is 15.9. The number of aromatic nitrogens is 1. The minimum atomic E-state index is -3.98. The van der Waals surface area contributed by atoms with Gasteiger partial charge in [0.15, 0.2) is 0 Å². The SMILES string of the molecule is Cc1ccnc(NC(=O)CN(C)S(=O)(=O)c2cc(F)ccc2C)c1. The van der Waals surface area contributed by atoms with Crippen molar-refractivity contribution in [3.05, 3.63) is 53.5 Å². The first kappa shape index (κ1) is 18.0. The highest BCUT2D eigenvalue weighted by molar-refractivity contribution is 7.89. The van der Waals surface area contributed by atoms with E-state index in [4.69, 9.17) is 0 Å². The van der Waals surface area contributed by atoms with Gasteiger partial charge in [0.25, 0.3) is 0 Å². The molecule has 0 radical (unpaired) electrons. The molecule has 1 aromatic heterocycles. The van der Waals surface area contributed by atoms with E-state index in [1.165, 1.54) is 19.2 Å². The molecule has 24 heavy (non-hydrogen) atoms. The number of aryl methyl sites for hydroxylation is 2. The molecule has 0 saturated heterocycles. The van der Waals surface area contributed by atoms with Crippen LogP contribution in [0, 0.1) is 19.7 Å². The molecular formula is C16H18FN3O3S. The Labute approximate surface area is 140 Å². The maximum atomic E-state index is 13.4. The lowest BCUT2D eigenvalue weighted by Crippen LogP contribution is -2.35. The maximum absolute atomic E-state index is 13.4. The first-order valence-corrected chi connectivity index (χ1v) is 8.59. The monoisotopic (exact) mass is 351 g/mol. The summed E-state index contributed by atoms with van der Waals surface area (Å²) in [6, 6.07) is 6.96. The number of benzene rings is 1. The van der Waals surface area contributed by atoms with Crippen molar-refractivity contribution in [2.45, 2.75) is 18.7 Å².